The van der Waals surface area contributed by atoms with Crippen LogP contribution in [0.15, 0.2) is 12.3 Å². The molecule has 1 atom stereocenters. The van der Waals surface area contributed by atoms with Gasteiger partial charge >= 0.3 is 0 Å². The summed E-state index contributed by atoms with van der Waals surface area (Å²) in [5.41, 5.74) is 8.07. The molecule has 60 valence electrons. The summed E-state index contributed by atoms with van der Waals surface area (Å²) in [5.74, 6) is 0. The molecular formula is C8H11IN2. The van der Waals surface area contributed by atoms with Crippen LogP contribution in [0.1, 0.15) is 24.1 Å². The lowest BCUT2D eigenvalue weighted by Crippen LogP contribution is -2.07. The first kappa shape index (κ1) is 8.93. The zero-order valence-electron chi connectivity index (χ0n) is 6.63. The summed E-state index contributed by atoms with van der Waals surface area (Å²) in [6.07, 6.45) is 1.85. The summed E-state index contributed by atoms with van der Waals surface area (Å²) in [4.78, 5) is 4.17. The molecule has 0 amide bonds. The zero-order valence-corrected chi connectivity index (χ0v) is 8.79. The van der Waals surface area contributed by atoms with Crippen LogP contribution in [0.2, 0.25) is 0 Å². The monoisotopic (exact) mass is 262 g/mol. The van der Waals surface area contributed by atoms with Gasteiger partial charge in [-0.15, -0.1) is 0 Å². The van der Waals surface area contributed by atoms with Crippen LogP contribution in [0.3, 0.4) is 0 Å². The maximum absolute atomic E-state index is 5.72. The van der Waals surface area contributed by atoms with Gasteiger partial charge in [0.2, 0.25) is 0 Å². The van der Waals surface area contributed by atoms with Crippen molar-refractivity contribution in [1.82, 2.24) is 4.98 Å². The number of halogens is 1. The van der Waals surface area contributed by atoms with Crippen molar-refractivity contribution in [3.05, 3.63) is 27.1 Å². The summed E-state index contributed by atoms with van der Waals surface area (Å²) >= 11 is 2.19. The molecule has 1 heterocycles. The molecule has 2 N–H and O–H groups in total. The van der Waals surface area contributed by atoms with Crippen LogP contribution in [0.25, 0.3) is 0 Å². The van der Waals surface area contributed by atoms with Crippen LogP contribution in [0.4, 0.5) is 0 Å². The second-order valence-corrected chi connectivity index (χ2v) is 3.76. The van der Waals surface area contributed by atoms with Gasteiger partial charge in [0.15, 0.2) is 0 Å². The fourth-order valence-electron chi connectivity index (χ4n) is 1.01. The van der Waals surface area contributed by atoms with E-state index in [0.29, 0.717) is 0 Å². The number of rotatable bonds is 1. The van der Waals surface area contributed by atoms with E-state index in [4.69, 9.17) is 5.73 Å². The minimum Gasteiger partial charge on any atom is -0.324 e. The van der Waals surface area contributed by atoms with E-state index in [2.05, 4.69) is 34.5 Å². The third-order valence-electron chi connectivity index (χ3n) is 1.61. The molecule has 0 unspecified atom stereocenters. The lowest BCUT2D eigenvalue weighted by molar-refractivity contribution is 0.801. The van der Waals surface area contributed by atoms with Gasteiger partial charge < -0.3 is 5.73 Å². The normalized spacial score (nSPS) is 13.1. The van der Waals surface area contributed by atoms with E-state index in [1.54, 1.807) is 0 Å². The Labute approximate surface area is 80.3 Å². The van der Waals surface area contributed by atoms with Gasteiger partial charge in [0.1, 0.15) is 3.70 Å². The number of nitrogens with two attached hydrogens (primary N) is 1. The SMILES string of the molecule is Cc1cc(I)ncc1[C@@H](C)N. The predicted octanol–water partition coefficient (Wildman–Crippen LogP) is 2.01. The van der Waals surface area contributed by atoms with Gasteiger partial charge in [-0.1, -0.05) is 0 Å². The highest BCUT2D eigenvalue weighted by Crippen LogP contribution is 2.15. The van der Waals surface area contributed by atoms with Gasteiger partial charge in [0.05, 0.1) is 0 Å². The van der Waals surface area contributed by atoms with E-state index in [1.165, 1.54) is 5.56 Å². The molecule has 11 heavy (non-hydrogen) atoms. The maximum Gasteiger partial charge on any atom is 0.101 e. The number of pyridine rings is 1. The Bertz CT molecular complexity index is 258. The first-order chi connectivity index (χ1) is 5.11. The fraction of sp³-hybridized carbons (Fsp3) is 0.375. The first-order valence-corrected chi connectivity index (χ1v) is 4.56. The van der Waals surface area contributed by atoms with Crippen molar-refractivity contribution < 1.29 is 0 Å². The lowest BCUT2D eigenvalue weighted by atomic mass is 10.1. The van der Waals surface area contributed by atoms with E-state index < -0.39 is 0 Å². The average Bonchev–Trinajstić information content (AvgIpc) is 1.85. The molecule has 0 spiro atoms. The van der Waals surface area contributed by atoms with Crippen molar-refractivity contribution in [3.8, 4) is 0 Å². The Kier molecular flexibility index (Phi) is 2.84. The molecule has 2 nitrogen and oxygen atoms in total. The standard InChI is InChI=1S/C8H11IN2/c1-5-3-8(9)11-4-7(5)6(2)10/h3-4,6H,10H2,1-2H3/t6-/m1/s1. The van der Waals surface area contributed by atoms with Gasteiger partial charge in [-0.3, -0.25) is 0 Å². The highest BCUT2D eigenvalue weighted by Gasteiger charge is 2.03. The van der Waals surface area contributed by atoms with Crippen LogP contribution in [0, 0.1) is 10.6 Å². The van der Waals surface area contributed by atoms with Crippen molar-refractivity contribution in [2.24, 2.45) is 5.73 Å². The molecule has 0 saturated carbocycles. The van der Waals surface area contributed by atoms with Crippen LogP contribution < -0.4 is 5.73 Å². The van der Waals surface area contributed by atoms with Gasteiger partial charge in [-0.25, -0.2) is 4.98 Å². The first-order valence-electron chi connectivity index (χ1n) is 3.49. The van der Waals surface area contributed by atoms with E-state index >= 15 is 0 Å². The number of aryl methyl sites for hydroxylation is 1. The van der Waals surface area contributed by atoms with Gasteiger partial charge in [-0.2, -0.15) is 0 Å². The topological polar surface area (TPSA) is 38.9 Å². The molecule has 0 aromatic carbocycles. The molecular weight excluding hydrogens is 251 g/mol. The van der Waals surface area contributed by atoms with Crippen molar-refractivity contribution in [2.45, 2.75) is 19.9 Å². The Morgan fingerprint density at radius 3 is 2.73 bits per heavy atom. The third-order valence-corrected chi connectivity index (χ3v) is 2.20. The summed E-state index contributed by atoms with van der Waals surface area (Å²) in [6.45, 7) is 4.03. The number of hydrogen-bond donors (Lipinski definition) is 1. The molecule has 0 fully saturated rings. The molecule has 0 aliphatic heterocycles. The van der Waals surface area contributed by atoms with Crippen LogP contribution in [-0.2, 0) is 0 Å². The fourth-order valence-corrected chi connectivity index (χ4v) is 1.62. The van der Waals surface area contributed by atoms with Crippen molar-refractivity contribution in [1.29, 1.82) is 0 Å². The predicted molar refractivity (Wildman–Crippen MR) is 54.3 cm³/mol. The number of hydrogen-bond acceptors (Lipinski definition) is 2. The molecule has 0 saturated heterocycles. The molecule has 1 aromatic rings. The molecule has 1 aromatic heterocycles. The number of nitrogens with zero attached hydrogens (tertiary/aromatic N) is 1. The average molecular weight is 262 g/mol. The van der Waals surface area contributed by atoms with Crippen molar-refractivity contribution >= 4 is 22.6 Å². The van der Waals surface area contributed by atoms with E-state index in [-0.39, 0.29) is 6.04 Å². The quantitative estimate of drug-likeness (QED) is 0.621. The van der Waals surface area contributed by atoms with Gasteiger partial charge in [0, 0.05) is 12.2 Å². The number of aromatic nitrogens is 1. The molecule has 3 heteroatoms. The van der Waals surface area contributed by atoms with Crippen LogP contribution >= 0.6 is 22.6 Å². The summed E-state index contributed by atoms with van der Waals surface area (Å²) < 4.78 is 1.02. The molecule has 0 radical (unpaired) electrons. The second kappa shape index (κ2) is 3.49. The minimum absolute atomic E-state index is 0.0829. The zero-order chi connectivity index (χ0) is 8.43. The summed E-state index contributed by atoms with van der Waals surface area (Å²) in [7, 11) is 0. The molecule has 0 aliphatic carbocycles. The third kappa shape index (κ3) is 2.13. The Morgan fingerprint density at radius 2 is 2.27 bits per heavy atom. The summed E-state index contributed by atoms with van der Waals surface area (Å²) in [5, 5.41) is 0. The molecule has 0 bridgehead atoms. The smallest absolute Gasteiger partial charge is 0.101 e. The van der Waals surface area contributed by atoms with Crippen molar-refractivity contribution in [3.63, 3.8) is 0 Å². The molecule has 0 aliphatic rings. The largest absolute Gasteiger partial charge is 0.324 e. The Hall–Kier alpha value is -0.160. The Morgan fingerprint density at radius 1 is 1.64 bits per heavy atom. The van der Waals surface area contributed by atoms with E-state index in [9.17, 15) is 0 Å². The Balaban J connectivity index is 3.09. The highest BCUT2D eigenvalue weighted by atomic mass is 127. The van der Waals surface area contributed by atoms with Crippen LogP contribution in [-0.4, -0.2) is 4.98 Å². The van der Waals surface area contributed by atoms with Crippen molar-refractivity contribution in [2.75, 3.05) is 0 Å². The maximum atomic E-state index is 5.72. The van der Waals surface area contributed by atoms with Gasteiger partial charge in [-0.05, 0) is 53.6 Å². The van der Waals surface area contributed by atoms with Gasteiger partial charge in [0.25, 0.3) is 0 Å². The van der Waals surface area contributed by atoms with E-state index in [0.717, 1.165) is 9.26 Å². The molecule has 1 rings (SSSR count). The summed E-state index contributed by atoms with van der Waals surface area (Å²) in [6, 6.07) is 2.12. The minimum atomic E-state index is 0.0829. The lowest BCUT2D eigenvalue weighted by Gasteiger charge is -2.08. The highest BCUT2D eigenvalue weighted by molar-refractivity contribution is 14.1. The van der Waals surface area contributed by atoms with E-state index in [1.807, 2.05) is 19.2 Å². The second-order valence-electron chi connectivity index (χ2n) is 2.65. The van der Waals surface area contributed by atoms with Crippen LogP contribution in [0.5, 0.6) is 0 Å².